The Labute approximate surface area is 62.3 Å². The summed E-state index contributed by atoms with van der Waals surface area (Å²) in [6, 6.07) is 3.28. The highest BCUT2D eigenvalue weighted by Crippen LogP contribution is 2.24. The molecule has 1 aliphatic carbocycles. The van der Waals surface area contributed by atoms with E-state index in [1.54, 1.807) is 18.3 Å². The molecule has 3 N–H and O–H groups in total. The third-order valence-electron chi connectivity index (χ3n) is 1.55. The Balaban J connectivity index is 2.59. The first-order valence-electron chi connectivity index (χ1n) is 3.13. The summed E-state index contributed by atoms with van der Waals surface area (Å²) >= 11 is 0. The Morgan fingerprint density at radius 3 is 3.00 bits per heavy atom. The lowest BCUT2D eigenvalue weighted by atomic mass is 10.3. The number of rotatable bonds is 1. The van der Waals surface area contributed by atoms with Crippen LogP contribution in [0.4, 0.5) is 0 Å². The van der Waals surface area contributed by atoms with Gasteiger partial charge in [0.1, 0.15) is 0 Å². The molecule has 0 atom stereocenters. The number of carbonyl (C=O) groups excluding carboxylic acids is 1. The van der Waals surface area contributed by atoms with Crippen LogP contribution < -0.4 is 5.73 Å². The summed E-state index contributed by atoms with van der Waals surface area (Å²) in [7, 11) is 0. The summed E-state index contributed by atoms with van der Waals surface area (Å²) in [4.78, 5) is 10.6. The zero-order valence-electron chi connectivity index (χ0n) is 5.63. The minimum atomic E-state index is -0.434. The van der Waals surface area contributed by atoms with Crippen molar-refractivity contribution in [1.82, 2.24) is 5.16 Å². The van der Waals surface area contributed by atoms with E-state index in [2.05, 4.69) is 5.16 Å². The molecule has 11 heavy (non-hydrogen) atoms. The second-order valence-corrected chi connectivity index (χ2v) is 2.29. The van der Waals surface area contributed by atoms with Crippen molar-refractivity contribution in [3.63, 3.8) is 0 Å². The number of carbonyl (C=O) groups is 1. The normalized spacial score (nSPS) is 10.5. The van der Waals surface area contributed by atoms with Crippen LogP contribution in [0.15, 0.2) is 22.9 Å². The Morgan fingerprint density at radius 2 is 2.36 bits per heavy atom. The first-order chi connectivity index (χ1) is 5.27. The van der Waals surface area contributed by atoms with Gasteiger partial charge in [-0.25, -0.2) is 5.16 Å². The van der Waals surface area contributed by atoms with E-state index in [4.69, 9.17) is 10.3 Å². The molecule has 0 aromatic heterocycles. The van der Waals surface area contributed by atoms with Gasteiger partial charge in [-0.1, -0.05) is 0 Å². The lowest BCUT2D eigenvalue weighted by Gasteiger charge is -1.81. The van der Waals surface area contributed by atoms with Crippen LogP contribution in [0.2, 0.25) is 0 Å². The minimum Gasteiger partial charge on any atom is -0.382 e. The fourth-order valence-corrected chi connectivity index (χ4v) is 1.00. The first kappa shape index (κ1) is 6.03. The highest BCUT2D eigenvalue weighted by Gasteiger charge is 2.12. The highest BCUT2D eigenvalue weighted by atomic mass is 16.5. The molecule has 0 aromatic rings. The van der Waals surface area contributed by atoms with Crippen LogP contribution in [0.5, 0.6) is 0 Å². The van der Waals surface area contributed by atoms with Crippen LogP contribution in [0.1, 0.15) is 10.4 Å². The molecule has 0 aromatic carbocycles. The molecule has 1 amide bonds. The summed E-state index contributed by atoms with van der Waals surface area (Å²) in [5.74, 6) is 0.218. The van der Waals surface area contributed by atoms with Crippen LogP contribution in [-0.2, 0) is 0 Å². The van der Waals surface area contributed by atoms with Crippen molar-refractivity contribution in [3.05, 3.63) is 23.9 Å². The van der Waals surface area contributed by atoms with E-state index in [1.165, 1.54) is 0 Å². The predicted molar refractivity (Wildman–Crippen MR) is 38.2 cm³/mol. The van der Waals surface area contributed by atoms with E-state index < -0.39 is 5.91 Å². The van der Waals surface area contributed by atoms with Crippen molar-refractivity contribution >= 4 is 5.91 Å². The van der Waals surface area contributed by atoms with E-state index in [0.29, 0.717) is 11.3 Å². The SMILES string of the molecule is NC(=O)c1cc2c[nH]oc-2c1. The standard InChI is InChI=1S/C7H6N2O2/c8-7(10)4-1-5-3-9-11-6(5)2-4/h1-3,9H,(H2,8,10). The monoisotopic (exact) mass is 150 g/mol. The lowest BCUT2D eigenvalue weighted by molar-refractivity contribution is 0.100. The van der Waals surface area contributed by atoms with Crippen molar-refractivity contribution in [1.29, 1.82) is 0 Å². The fourth-order valence-electron chi connectivity index (χ4n) is 1.00. The number of aromatic nitrogens is 1. The number of fused-ring (bicyclic) bond motifs is 1. The molecule has 1 heterocycles. The number of amides is 1. The maximum atomic E-state index is 10.6. The van der Waals surface area contributed by atoms with Gasteiger partial charge in [0, 0.05) is 17.3 Å². The van der Waals surface area contributed by atoms with Gasteiger partial charge in [-0.15, -0.1) is 0 Å². The summed E-state index contributed by atoms with van der Waals surface area (Å²) in [5.41, 5.74) is 6.39. The third-order valence-corrected chi connectivity index (χ3v) is 1.55. The van der Waals surface area contributed by atoms with Crippen LogP contribution >= 0.6 is 0 Å². The number of H-pyrrole nitrogens is 1. The third kappa shape index (κ3) is 0.797. The predicted octanol–water partition coefficient (Wildman–Crippen LogP) is 0.811. The summed E-state index contributed by atoms with van der Waals surface area (Å²) in [5, 5.41) is 2.56. The van der Waals surface area contributed by atoms with Crippen LogP contribution in [-0.4, -0.2) is 11.1 Å². The molecule has 4 nitrogen and oxygen atoms in total. The van der Waals surface area contributed by atoms with Crippen molar-refractivity contribution < 1.29 is 9.32 Å². The zero-order valence-corrected chi connectivity index (χ0v) is 5.63. The van der Waals surface area contributed by atoms with Gasteiger partial charge >= 0.3 is 0 Å². The van der Waals surface area contributed by atoms with Gasteiger partial charge in [0.25, 0.3) is 0 Å². The van der Waals surface area contributed by atoms with Crippen molar-refractivity contribution in [2.24, 2.45) is 5.73 Å². The molecular weight excluding hydrogens is 144 g/mol. The largest absolute Gasteiger partial charge is 0.382 e. The van der Waals surface area contributed by atoms with E-state index in [-0.39, 0.29) is 0 Å². The van der Waals surface area contributed by atoms with E-state index in [1.807, 2.05) is 0 Å². The van der Waals surface area contributed by atoms with Crippen molar-refractivity contribution in [2.45, 2.75) is 0 Å². The first-order valence-corrected chi connectivity index (χ1v) is 3.13. The maximum absolute atomic E-state index is 10.6. The smallest absolute Gasteiger partial charge is 0.248 e. The van der Waals surface area contributed by atoms with Gasteiger partial charge < -0.3 is 10.3 Å². The second kappa shape index (κ2) is 1.88. The molecule has 0 fully saturated rings. The molecule has 0 saturated carbocycles. The average Bonchev–Trinajstić information content (AvgIpc) is 2.40. The van der Waals surface area contributed by atoms with Gasteiger partial charge in [-0.05, 0) is 12.1 Å². The molecule has 0 saturated heterocycles. The van der Waals surface area contributed by atoms with E-state index in [0.717, 1.165) is 5.56 Å². The molecule has 2 rings (SSSR count). The molecule has 0 bridgehead atoms. The summed E-state index contributed by atoms with van der Waals surface area (Å²) in [6.07, 6.45) is 1.67. The Kier molecular flexibility index (Phi) is 1.03. The summed E-state index contributed by atoms with van der Waals surface area (Å²) < 4.78 is 4.92. The van der Waals surface area contributed by atoms with Gasteiger partial charge in [-0.2, -0.15) is 0 Å². The fraction of sp³-hybridized carbons (Fsp3) is 0. The number of hydrogen-bond acceptors (Lipinski definition) is 2. The van der Waals surface area contributed by atoms with Gasteiger partial charge in [0.2, 0.25) is 5.91 Å². The van der Waals surface area contributed by atoms with E-state index >= 15 is 0 Å². The number of primary amides is 1. The zero-order chi connectivity index (χ0) is 7.84. The van der Waals surface area contributed by atoms with Gasteiger partial charge in [-0.3, -0.25) is 4.79 Å². The molecule has 0 unspecified atom stereocenters. The molecule has 56 valence electrons. The average molecular weight is 150 g/mol. The van der Waals surface area contributed by atoms with Crippen LogP contribution in [0.25, 0.3) is 11.3 Å². The van der Waals surface area contributed by atoms with Crippen molar-refractivity contribution in [2.75, 3.05) is 0 Å². The Morgan fingerprint density at radius 1 is 1.55 bits per heavy atom. The van der Waals surface area contributed by atoms with Crippen LogP contribution in [0, 0.1) is 0 Å². The molecule has 0 radical (unpaired) electrons. The molecule has 0 spiro atoms. The van der Waals surface area contributed by atoms with Crippen LogP contribution in [0.3, 0.4) is 0 Å². The number of nitrogens with two attached hydrogens (primary N) is 1. The Bertz CT molecular complexity index is 335. The van der Waals surface area contributed by atoms with Gasteiger partial charge in [0.15, 0.2) is 5.76 Å². The second-order valence-electron chi connectivity index (χ2n) is 2.29. The molecule has 4 heteroatoms. The topological polar surface area (TPSA) is 72.0 Å². The maximum Gasteiger partial charge on any atom is 0.248 e. The summed E-state index contributed by atoms with van der Waals surface area (Å²) in [6.45, 7) is 0. The quantitative estimate of drug-likeness (QED) is 0.631. The number of hydrogen-bond donors (Lipinski definition) is 2. The number of nitrogens with one attached hydrogen (secondary N) is 1. The minimum absolute atomic E-state index is 0.434. The van der Waals surface area contributed by atoms with Crippen molar-refractivity contribution in [3.8, 4) is 11.3 Å². The highest BCUT2D eigenvalue weighted by molar-refractivity contribution is 5.96. The van der Waals surface area contributed by atoms with E-state index in [9.17, 15) is 4.79 Å². The van der Waals surface area contributed by atoms with Gasteiger partial charge in [0.05, 0.1) is 0 Å². The Hall–Kier alpha value is -1.71. The number of aromatic amines is 1. The molecule has 2 aliphatic rings. The molecule has 1 aliphatic heterocycles. The molecular formula is C7H6N2O2. The lowest BCUT2D eigenvalue weighted by Crippen LogP contribution is -2.08.